The third kappa shape index (κ3) is 4.32. The monoisotopic (exact) mass is 432 g/mol. The van der Waals surface area contributed by atoms with Crippen molar-refractivity contribution in [3.8, 4) is 5.69 Å². The van der Waals surface area contributed by atoms with Crippen LogP contribution in [0.1, 0.15) is 42.8 Å². The van der Waals surface area contributed by atoms with Crippen LogP contribution in [-0.4, -0.2) is 52.4 Å². The van der Waals surface area contributed by atoms with E-state index in [9.17, 15) is 9.59 Å². The van der Waals surface area contributed by atoms with Crippen LogP contribution >= 0.6 is 0 Å². The summed E-state index contributed by atoms with van der Waals surface area (Å²) < 4.78 is 1.72. The highest BCUT2D eigenvalue weighted by Gasteiger charge is 2.37. The van der Waals surface area contributed by atoms with Crippen molar-refractivity contribution < 1.29 is 4.79 Å². The minimum Gasteiger partial charge on any atom is -0.331 e. The van der Waals surface area contributed by atoms with Crippen LogP contribution in [0.5, 0.6) is 0 Å². The summed E-state index contributed by atoms with van der Waals surface area (Å²) in [5.74, 6) is 0.866. The molecule has 0 radical (unpaired) electrons. The Labute approximate surface area is 189 Å². The highest BCUT2D eigenvalue weighted by atomic mass is 16.2. The van der Waals surface area contributed by atoms with Crippen LogP contribution in [0.3, 0.4) is 0 Å². The molecule has 3 aromatic rings. The van der Waals surface area contributed by atoms with E-state index >= 15 is 0 Å². The molecule has 1 atom stereocenters. The van der Waals surface area contributed by atoms with Gasteiger partial charge in [-0.1, -0.05) is 24.3 Å². The van der Waals surface area contributed by atoms with Crippen LogP contribution in [0.15, 0.2) is 47.3 Å². The van der Waals surface area contributed by atoms with E-state index in [0.717, 1.165) is 36.2 Å². The summed E-state index contributed by atoms with van der Waals surface area (Å²) in [6, 6.07) is 13.2. The lowest BCUT2D eigenvalue weighted by atomic mass is 10.1. The van der Waals surface area contributed by atoms with Crippen molar-refractivity contribution >= 4 is 16.8 Å². The SMILES string of the molecule is Cc1ccc(C)c(-n2c(C(C)N(CCN(C)C)C(=O)C3CC3)nc3ccccc3c2=O)c1. The van der Waals surface area contributed by atoms with Gasteiger partial charge >= 0.3 is 0 Å². The van der Waals surface area contributed by atoms with Crippen molar-refractivity contribution in [3.05, 3.63) is 69.8 Å². The largest absolute Gasteiger partial charge is 0.331 e. The molecule has 1 aliphatic carbocycles. The molecule has 2 aromatic carbocycles. The number of fused-ring (bicyclic) bond motifs is 1. The number of rotatable bonds is 7. The van der Waals surface area contributed by atoms with Gasteiger partial charge in [-0.25, -0.2) is 4.98 Å². The molecule has 32 heavy (non-hydrogen) atoms. The molecule has 0 spiro atoms. The first-order chi connectivity index (χ1) is 15.3. The Morgan fingerprint density at radius 1 is 1.12 bits per heavy atom. The number of carbonyl (C=O) groups is 1. The maximum Gasteiger partial charge on any atom is 0.266 e. The van der Waals surface area contributed by atoms with E-state index < -0.39 is 0 Å². The van der Waals surface area contributed by atoms with Crippen molar-refractivity contribution in [1.82, 2.24) is 19.4 Å². The third-order valence-corrected chi connectivity index (χ3v) is 6.25. The van der Waals surface area contributed by atoms with E-state index in [0.29, 0.717) is 23.3 Å². The fraction of sp³-hybridized carbons (Fsp3) is 0.423. The number of amides is 1. The maximum absolute atomic E-state index is 13.7. The molecule has 1 aromatic heterocycles. The molecule has 1 saturated carbocycles. The number of carbonyl (C=O) groups excluding carboxylic acids is 1. The molecular formula is C26H32N4O2. The van der Waals surface area contributed by atoms with Gasteiger partial charge in [-0.3, -0.25) is 14.2 Å². The van der Waals surface area contributed by atoms with Crippen molar-refractivity contribution in [2.24, 2.45) is 5.92 Å². The quantitative estimate of drug-likeness (QED) is 0.569. The van der Waals surface area contributed by atoms with Crippen molar-refractivity contribution in [1.29, 1.82) is 0 Å². The number of hydrogen-bond acceptors (Lipinski definition) is 4. The Balaban J connectivity index is 1.92. The molecule has 1 fully saturated rings. The minimum atomic E-state index is -0.333. The van der Waals surface area contributed by atoms with Gasteiger partial charge in [-0.05, 0) is 77.0 Å². The zero-order valence-electron chi connectivity index (χ0n) is 19.6. The lowest BCUT2D eigenvalue weighted by Crippen LogP contribution is -2.41. The molecule has 0 bridgehead atoms. The third-order valence-electron chi connectivity index (χ3n) is 6.25. The molecule has 0 aliphatic heterocycles. The van der Waals surface area contributed by atoms with Gasteiger partial charge in [0.2, 0.25) is 5.91 Å². The second-order valence-electron chi connectivity index (χ2n) is 9.20. The zero-order chi connectivity index (χ0) is 23.0. The van der Waals surface area contributed by atoms with Crippen molar-refractivity contribution in [3.63, 3.8) is 0 Å². The standard InChI is InChI=1S/C26H32N4O2/c1-17-10-11-18(2)23(16-17)30-24(27-22-9-7-6-8-21(22)26(30)32)19(3)29(15-14-28(4)5)25(31)20-12-13-20/h6-11,16,19-20H,12-15H2,1-5H3. The summed E-state index contributed by atoms with van der Waals surface area (Å²) in [4.78, 5) is 35.9. The minimum absolute atomic E-state index is 0.0981. The Morgan fingerprint density at radius 3 is 2.53 bits per heavy atom. The fourth-order valence-corrected chi connectivity index (χ4v) is 4.13. The van der Waals surface area contributed by atoms with Crippen molar-refractivity contribution in [2.75, 3.05) is 27.2 Å². The number of hydrogen-bond donors (Lipinski definition) is 0. The van der Waals surface area contributed by atoms with Gasteiger partial charge in [-0.15, -0.1) is 0 Å². The van der Waals surface area contributed by atoms with Crippen LogP contribution in [-0.2, 0) is 4.79 Å². The summed E-state index contributed by atoms with van der Waals surface area (Å²) in [6.45, 7) is 7.37. The molecule has 1 unspecified atom stereocenters. The molecule has 0 saturated heterocycles. The highest BCUT2D eigenvalue weighted by molar-refractivity contribution is 5.82. The van der Waals surface area contributed by atoms with Gasteiger partial charge in [0, 0.05) is 19.0 Å². The van der Waals surface area contributed by atoms with E-state index in [1.165, 1.54) is 0 Å². The van der Waals surface area contributed by atoms with Crippen LogP contribution in [0.2, 0.25) is 0 Å². The maximum atomic E-state index is 13.7. The number of aromatic nitrogens is 2. The van der Waals surface area contributed by atoms with E-state index in [4.69, 9.17) is 4.98 Å². The van der Waals surface area contributed by atoms with E-state index in [-0.39, 0.29) is 23.4 Å². The summed E-state index contributed by atoms with van der Waals surface area (Å²) in [7, 11) is 4.01. The highest BCUT2D eigenvalue weighted by Crippen LogP contribution is 2.34. The van der Waals surface area contributed by atoms with Gasteiger partial charge in [0.15, 0.2) is 0 Å². The molecule has 6 heteroatoms. The van der Waals surface area contributed by atoms with Gasteiger partial charge in [-0.2, -0.15) is 0 Å². The number of aryl methyl sites for hydroxylation is 2. The smallest absolute Gasteiger partial charge is 0.266 e. The Hall–Kier alpha value is -2.99. The zero-order valence-corrected chi connectivity index (χ0v) is 19.6. The van der Waals surface area contributed by atoms with Crippen molar-refractivity contribution in [2.45, 2.75) is 39.7 Å². The predicted octanol–water partition coefficient (Wildman–Crippen LogP) is 3.86. The molecule has 0 N–H and O–H groups in total. The first-order valence-corrected chi connectivity index (χ1v) is 11.3. The van der Waals surface area contributed by atoms with Gasteiger partial charge in [0.25, 0.3) is 5.56 Å². The summed E-state index contributed by atoms with van der Waals surface area (Å²) in [5, 5.41) is 0.581. The summed E-state index contributed by atoms with van der Waals surface area (Å²) in [6.07, 6.45) is 1.89. The number of para-hydroxylation sites is 1. The van der Waals surface area contributed by atoms with E-state index in [2.05, 4.69) is 4.90 Å². The van der Waals surface area contributed by atoms with Crippen LogP contribution < -0.4 is 5.56 Å². The van der Waals surface area contributed by atoms with Crippen LogP contribution in [0.4, 0.5) is 0 Å². The second-order valence-corrected chi connectivity index (χ2v) is 9.20. The fourth-order valence-electron chi connectivity index (χ4n) is 4.13. The molecule has 6 nitrogen and oxygen atoms in total. The average molecular weight is 433 g/mol. The number of likely N-dealkylation sites (N-methyl/N-ethyl adjacent to an activating group) is 1. The molecule has 1 amide bonds. The summed E-state index contributed by atoms with van der Waals surface area (Å²) in [5.41, 5.74) is 3.45. The summed E-state index contributed by atoms with van der Waals surface area (Å²) >= 11 is 0. The van der Waals surface area contributed by atoms with Gasteiger partial charge in [0.1, 0.15) is 5.82 Å². The first-order valence-electron chi connectivity index (χ1n) is 11.3. The molecular weight excluding hydrogens is 400 g/mol. The molecule has 1 aliphatic rings. The molecule has 4 rings (SSSR count). The topological polar surface area (TPSA) is 58.4 Å². The lowest BCUT2D eigenvalue weighted by molar-refractivity contribution is -0.135. The number of benzene rings is 2. The van der Waals surface area contributed by atoms with Crippen LogP contribution in [0, 0.1) is 19.8 Å². The average Bonchev–Trinajstić information content (AvgIpc) is 3.61. The van der Waals surface area contributed by atoms with Gasteiger partial charge in [0.05, 0.1) is 22.6 Å². The lowest BCUT2D eigenvalue weighted by Gasteiger charge is -2.32. The molecule has 1 heterocycles. The predicted molar refractivity (Wildman–Crippen MR) is 128 cm³/mol. The Kier molecular flexibility index (Phi) is 6.15. The Morgan fingerprint density at radius 2 is 1.84 bits per heavy atom. The second kappa shape index (κ2) is 8.87. The Bertz CT molecular complexity index is 1210. The van der Waals surface area contributed by atoms with E-state index in [1.54, 1.807) is 4.57 Å². The van der Waals surface area contributed by atoms with Crippen LogP contribution in [0.25, 0.3) is 16.6 Å². The van der Waals surface area contributed by atoms with E-state index in [1.807, 2.05) is 82.2 Å². The molecule has 168 valence electrons. The van der Waals surface area contributed by atoms with Gasteiger partial charge < -0.3 is 9.80 Å². The first kappa shape index (κ1) is 22.2. The normalized spacial score (nSPS) is 14.7. The number of nitrogens with zero attached hydrogens (tertiary/aromatic N) is 4.